The van der Waals surface area contributed by atoms with Gasteiger partial charge in [0.15, 0.2) is 5.72 Å². The van der Waals surface area contributed by atoms with Gasteiger partial charge in [-0.15, -0.1) is 11.3 Å². The molecule has 2 rings (SSSR count). The first-order chi connectivity index (χ1) is 6.41. The quantitative estimate of drug-likeness (QED) is 0.803. The van der Waals surface area contributed by atoms with Crippen LogP contribution < -0.4 is 5.32 Å². The molecule has 1 N–H and O–H groups in total. The van der Waals surface area contributed by atoms with Crippen LogP contribution in [0.5, 0.6) is 0 Å². The van der Waals surface area contributed by atoms with E-state index in [1.54, 1.807) is 11.3 Å². The first-order valence-electron chi connectivity index (χ1n) is 4.62. The Morgan fingerprint density at radius 3 is 2.57 bits per heavy atom. The molecular weight excluding hydrogens is 218 g/mol. The summed E-state index contributed by atoms with van der Waals surface area (Å²) in [6.45, 7) is 7.07. The topological polar surface area (TPSA) is 21.3 Å². The first-order valence-corrected chi connectivity index (χ1v) is 5.82. The lowest BCUT2D eigenvalue weighted by Crippen LogP contribution is -2.33. The molecule has 1 atom stereocenters. The molecule has 0 radical (unpaired) electrons. The number of nitrogens with one attached hydrogen (secondary N) is 1. The lowest BCUT2D eigenvalue weighted by atomic mass is 10.1. The summed E-state index contributed by atoms with van der Waals surface area (Å²) in [5.74, 6) is 0. The minimum Gasteiger partial charge on any atom is -0.349 e. The standard InChI is InChI=1S/C10H14ClNOS/c1-9(2)6-12-10(3,13-9)7-4-5-8(11)14-7/h4-5,12H,6H2,1-3H3. The van der Waals surface area contributed by atoms with Crippen LogP contribution in [0.25, 0.3) is 0 Å². The molecular formula is C10H14ClNOS. The second-order valence-corrected chi connectivity index (χ2v) is 6.07. The summed E-state index contributed by atoms with van der Waals surface area (Å²) in [6, 6.07) is 3.92. The highest BCUT2D eigenvalue weighted by Crippen LogP contribution is 2.38. The van der Waals surface area contributed by atoms with E-state index in [1.165, 1.54) is 0 Å². The minimum absolute atomic E-state index is 0.106. The molecule has 1 fully saturated rings. The summed E-state index contributed by atoms with van der Waals surface area (Å²) in [5, 5.41) is 3.38. The summed E-state index contributed by atoms with van der Waals surface area (Å²) in [5.41, 5.74) is -0.480. The Kier molecular flexibility index (Phi) is 2.39. The summed E-state index contributed by atoms with van der Waals surface area (Å²) in [4.78, 5) is 1.13. The Bertz CT molecular complexity index is 350. The Hall–Kier alpha value is -0.0900. The number of hydrogen-bond donors (Lipinski definition) is 1. The van der Waals surface area contributed by atoms with Crippen LogP contribution in [0.3, 0.4) is 0 Å². The second-order valence-electron chi connectivity index (χ2n) is 4.35. The Morgan fingerprint density at radius 2 is 2.14 bits per heavy atom. The van der Waals surface area contributed by atoms with Gasteiger partial charge < -0.3 is 4.74 Å². The van der Waals surface area contributed by atoms with Crippen LogP contribution in [0.15, 0.2) is 12.1 Å². The van der Waals surface area contributed by atoms with Gasteiger partial charge in [-0.25, -0.2) is 0 Å². The first kappa shape index (κ1) is 10.4. The maximum absolute atomic E-state index is 5.98. The molecule has 0 bridgehead atoms. The SMILES string of the molecule is CC1(C)CNC(C)(c2ccc(Cl)s2)O1. The number of hydrogen-bond acceptors (Lipinski definition) is 3. The van der Waals surface area contributed by atoms with Gasteiger partial charge in [0.1, 0.15) is 0 Å². The van der Waals surface area contributed by atoms with Gasteiger partial charge in [0, 0.05) is 6.54 Å². The van der Waals surface area contributed by atoms with Crippen molar-refractivity contribution in [2.24, 2.45) is 0 Å². The largest absolute Gasteiger partial charge is 0.349 e. The third kappa shape index (κ3) is 1.82. The molecule has 1 unspecified atom stereocenters. The predicted octanol–water partition coefficient (Wildman–Crippen LogP) is 2.97. The molecule has 78 valence electrons. The van der Waals surface area contributed by atoms with Crippen LogP contribution in [0.1, 0.15) is 25.6 Å². The zero-order chi connectivity index (χ0) is 10.4. The van der Waals surface area contributed by atoms with Crippen molar-refractivity contribution in [2.75, 3.05) is 6.54 Å². The monoisotopic (exact) mass is 231 g/mol. The van der Waals surface area contributed by atoms with E-state index in [0.29, 0.717) is 0 Å². The van der Waals surface area contributed by atoms with Crippen molar-refractivity contribution in [1.82, 2.24) is 5.32 Å². The molecule has 1 aromatic heterocycles. The van der Waals surface area contributed by atoms with E-state index in [9.17, 15) is 0 Å². The lowest BCUT2D eigenvalue weighted by Gasteiger charge is -2.25. The van der Waals surface area contributed by atoms with Gasteiger partial charge in [-0.1, -0.05) is 11.6 Å². The summed E-state index contributed by atoms with van der Waals surface area (Å²) < 4.78 is 6.78. The highest BCUT2D eigenvalue weighted by molar-refractivity contribution is 7.16. The van der Waals surface area contributed by atoms with Crippen molar-refractivity contribution >= 4 is 22.9 Å². The fourth-order valence-electron chi connectivity index (χ4n) is 1.71. The summed E-state index contributed by atoms with van der Waals surface area (Å²) in [6.07, 6.45) is 0. The van der Waals surface area contributed by atoms with Crippen molar-refractivity contribution < 1.29 is 4.74 Å². The van der Waals surface area contributed by atoms with Gasteiger partial charge >= 0.3 is 0 Å². The van der Waals surface area contributed by atoms with Gasteiger partial charge in [0.2, 0.25) is 0 Å². The average Bonchev–Trinajstić information content (AvgIpc) is 2.57. The highest BCUT2D eigenvalue weighted by atomic mass is 35.5. The Morgan fingerprint density at radius 1 is 1.43 bits per heavy atom. The molecule has 1 aliphatic rings. The van der Waals surface area contributed by atoms with E-state index >= 15 is 0 Å². The summed E-state index contributed by atoms with van der Waals surface area (Å²) in [7, 11) is 0. The predicted molar refractivity (Wildman–Crippen MR) is 59.8 cm³/mol. The molecule has 0 amide bonds. The molecule has 1 saturated heterocycles. The second kappa shape index (κ2) is 3.20. The van der Waals surface area contributed by atoms with E-state index in [1.807, 2.05) is 19.1 Å². The van der Waals surface area contributed by atoms with E-state index in [0.717, 1.165) is 15.8 Å². The Balaban J connectivity index is 2.27. The van der Waals surface area contributed by atoms with Gasteiger partial charge in [0.05, 0.1) is 14.8 Å². The van der Waals surface area contributed by atoms with Crippen LogP contribution in [0.4, 0.5) is 0 Å². The van der Waals surface area contributed by atoms with Crippen LogP contribution in [-0.4, -0.2) is 12.1 Å². The molecule has 0 aliphatic carbocycles. The fourth-order valence-corrected chi connectivity index (χ4v) is 2.82. The van der Waals surface area contributed by atoms with E-state index in [4.69, 9.17) is 16.3 Å². The van der Waals surface area contributed by atoms with E-state index < -0.39 is 0 Å². The van der Waals surface area contributed by atoms with E-state index in [-0.39, 0.29) is 11.3 Å². The van der Waals surface area contributed by atoms with Gasteiger partial charge in [-0.3, -0.25) is 5.32 Å². The van der Waals surface area contributed by atoms with Crippen molar-refractivity contribution in [3.05, 3.63) is 21.3 Å². The molecule has 2 heterocycles. The molecule has 0 spiro atoms. The number of halogens is 1. The number of rotatable bonds is 1. The maximum atomic E-state index is 5.98. The molecule has 4 heteroatoms. The van der Waals surface area contributed by atoms with Crippen LogP contribution in [0, 0.1) is 0 Å². The number of ether oxygens (including phenoxy) is 1. The number of thiophene rings is 1. The Labute approximate surface area is 93.2 Å². The normalized spacial score (nSPS) is 30.9. The van der Waals surface area contributed by atoms with Crippen LogP contribution in [0.2, 0.25) is 4.34 Å². The maximum Gasteiger partial charge on any atom is 0.152 e. The zero-order valence-corrected chi connectivity index (χ0v) is 10.1. The minimum atomic E-state index is -0.374. The molecule has 2 nitrogen and oxygen atoms in total. The molecule has 14 heavy (non-hydrogen) atoms. The lowest BCUT2D eigenvalue weighted by molar-refractivity contribution is -0.0817. The van der Waals surface area contributed by atoms with Crippen molar-refractivity contribution in [1.29, 1.82) is 0 Å². The molecule has 1 aliphatic heterocycles. The van der Waals surface area contributed by atoms with Crippen LogP contribution >= 0.6 is 22.9 Å². The van der Waals surface area contributed by atoms with E-state index in [2.05, 4.69) is 19.2 Å². The third-order valence-corrected chi connectivity index (χ3v) is 3.81. The third-order valence-electron chi connectivity index (χ3n) is 2.38. The van der Waals surface area contributed by atoms with Gasteiger partial charge in [-0.05, 0) is 32.9 Å². The summed E-state index contributed by atoms with van der Waals surface area (Å²) >= 11 is 7.47. The smallest absolute Gasteiger partial charge is 0.152 e. The van der Waals surface area contributed by atoms with Gasteiger partial charge in [0.25, 0.3) is 0 Å². The zero-order valence-electron chi connectivity index (χ0n) is 8.56. The highest BCUT2D eigenvalue weighted by Gasteiger charge is 2.42. The molecule has 0 aromatic carbocycles. The van der Waals surface area contributed by atoms with Crippen LogP contribution in [-0.2, 0) is 10.5 Å². The van der Waals surface area contributed by atoms with Gasteiger partial charge in [-0.2, -0.15) is 0 Å². The average molecular weight is 232 g/mol. The molecule has 1 aromatic rings. The van der Waals surface area contributed by atoms with Crippen molar-refractivity contribution in [3.8, 4) is 0 Å². The molecule has 0 saturated carbocycles. The fraction of sp³-hybridized carbons (Fsp3) is 0.600. The van der Waals surface area contributed by atoms with Crippen molar-refractivity contribution in [3.63, 3.8) is 0 Å². The van der Waals surface area contributed by atoms with Crippen molar-refractivity contribution in [2.45, 2.75) is 32.1 Å².